The van der Waals surface area contributed by atoms with Gasteiger partial charge in [-0.15, -0.1) is 0 Å². The number of carboxylic acids is 1. The number of hydrogen-bond acceptors (Lipinski definition) is 4. The molecule has 1 aromatic heterocycles. The first-order chi connectivity index (χ1) is 13.1. The predicted octanol–water partition coefficient (Wildman–Crippen LogP) is 2.04. The lowest BCUT2D eigenvalue weighted by Gasteiger charge is -2.40. The number of fused-ring (bicyclic) bond motifs is 1. The quantitative estimate of drug-likeness (QED) is 0.853. The molecule has 1 aromatic rings. The third kappa shape index (κ3) is 3.61. The first kappa shape index (κ1) is 18.5. The fourth-order valence-electron chi connectivity index (χ4n) is 5.12. The number of aliphatic carboxylic acids is 1. The molecule has 27 heavy (non-hydrogen) atoms. The third-order valence-corrected chi connectivity index (χ3v) is 6.49. The highest BCUT2D eigenvalue weighted by Gasteiger charge is 2.48. The monoisotopic (exact) mass is 374 g/mol. The summed E-state index contributed by atoms with van der Waals surface area (Å²) in [6.45, 7) is 4.27. The molecule has 1 N–H and O–H groups in total. The highest BCUT2D eigenvalue weighted by molar-refractivity contribution is 5.87. The number of likely N-dealkylation sites (tertiary alicyclic amines) is 1. The molecule has 1 aliphatic carbocycles. The minimum atomic E-state index is -0.802. The van der Waals surface area contributed by atoms with Crippen molar-refractivity contribution in [3.05, 3.63) is 17.5 Å². The van der Waals surface area contributed by atoms with Crippen molar-refractivity contribution in [2.75, 3.05) is 19.6 Å². The zero-order chi connectivity index (χ0) is 18.9. The van der Waals surface area contributed by atoms with Gasteiger partial charge in [-0.3, -0.25) is 19.2 Å². The number of aromatic nitrogens is 2. The third-order valence-electron chi connectivity index (χ3n) is 6.49. The predicted molar refractivity (Wildman–Crippen MR) is 100 cm³/mol. The molecular formula is C20H30N4O3. The molecule has 0 radical (unpaired) electrons. The van der Waals surface area contributed by atoms with Gasteiger partial charge in [0, 0.05) is 19.5 Å². The highest BCUT2D eigenvalue weighted by atomic mass is 16.4. The van der Waals surface area contributed by atoms with Crippen LogP contribution in [0.2, 0.25) is 0 Å². The van der Waals surface area contributed by atoms with Gasteiger partial charge in [-0.25, -0.2) is 0 Å². The van der Waals surface area contributed by atoms with Crippen LogP contribution in [0.5, 0.6) is 0 Å². The number of aryl methyl sites for hydroxylation is 2. The largest absolute Gasteiger partial charge is 0.481 e. The molecule has 7 nitrogen and oxygen atoms in total. The van der Waals surface area contributed by atoms with E-state index in [2.05, 4.69) is 10.00 Å². The van der Waals surface area contributed by atoms with Crippen molar-refractivity contribution in [1.29, 1.82) is 0 Å². The van der Waals surface area contributed by atoms with E-state index in [9.17, 15) is 9.59 Å². The van der Waals surface area contributed by atoms with Crippen LogP contribution in [0.4, 0.5) is 0 Å². The van der Waals surface area contributed by atoms with Gasteiger partial charge in [0.25, 0.3) is 0 Å². The number of amides is 1. The minimum absolute atomic E-state index is 0.0944. The van der Waals surface area contributed by atoms with E-state index in [-0.39, 0.29) is 12.0 Å². The Balaban J connectivity index is 1.52. The minimum Gasteiger partial charge on any atom is -0.481 e. The van der Waals surface area contributed by atoms with Gasteiger partial charge in [-0.1, -0.05) is 12.8 Å². The van der Waals surface area contributed by atoms with E-state index in [4.69, 9.17) is 5.11 Å². The summed E-state index contributed by atoms with van der Waals surface area (Å²) >= 11 is 0. The van der Waals surface area contributed by atoms with Gasteiger partial charge < -0.3 is 10.0 Å². The van der Waals surface area contributed by atoms with Crippen LogP contribution in [0.15, 0.2) is 6.07 Å². The van der Waals surface area contributed by atoms with Crippen molar-refractivity contribution in [3.8, 4) is 0 Å². The Labute approximate surface area is 160 Å². The molecule has 1 saturated carbocycles. The molecule has 0 unspecified atom stereocenters. The molecule has 148 valence electrons. The maximum absolute atomic E-state index is 13.7. The van der Waals surface area contributed by atoms with Gasteiger partial charge >= 0.3 is 5.97 Å². The summed E-state index contributed by atoms with van der Waals surface area (Å²) in [7, 11) is 0. The van der Waals surface area contributed by atoms with Crippen molar-refractivity contribution in [2.24, 2.45) is 0 Å². The standard InChI is InChI=1S/C20H30N4O3/c25-18(26)7-6-16-14-17-15-22(10-5-13-24(17)21-16)19(27)20(8-1-2-9-20)23-11-3-4-12-23/h14H,1-13,15H2,(H,25,26). The molecule has 2 aliphatic heterocycles. The smallest absolute Gasteiger partial charge is 0.303 e. The first-order valence-corrected chi connectivity index (χ1v) is 10.4. The number of nitrogens with zero attached hydrogens (tertiary/aromatic N) is 4. The Morgan fingerprint density at radius 2 is 1.78 bits per heavy atom. The van der Waals surface area contributed by atoms with E-state index in [1.807, 2.05) is 15.6 Å². The van der Waals surface area contributed by atoms with Crippen LogP contribution >= 0.6 is 0 Å². The van der Waals surface area contributed by atoms with Gasteiger partial charge in [-0.05, 0) is 51.3 Å². The average molecular weight is 374 g/mol. The maximum Gasteiger partial charge on any atom is 0.303 e. The number of carbonyl (C=O) groups is 2. The Kier molecular flexibility index (Phi) is 5.21. The summed E-state index contributed by atoms with van der Waals surface area (Å²) < 4.78 is 1.97. The zero-order valence-electron chi connectivity index (χ0n) is 16.0. The van der Waals surface area contributed by atoms with Crippen LogP contribution in [0.1, 0.15) is 62.8 Å². The van der Waals surface area contributed by atoms with Crippen LogP contribution in [0.25, 0.3) is 0 Å². The second kappa shape index (κ2) is 7.62. The summed E-state index contributed by atoms with van der Waals surface area (Å²) in [6.07, 6.45) is 8.12. The van der Waals surface area contributed by atoms with E-state index in [1.165, 1.54) is 12.8 Å². The molecule has 0 spiro atoms. The molecule has 1 amide bonds. The lowest BCUT2D eigenvalue weighted by Crippen LogP contribution is -2.57. The summed E-state index contributed by atoms with van der Waals surface area (Å²) in [6, 6.07) is 1.99. The lowest BCUT2D eigenvalue weighted by atomic mass is 9.93. The van der Waals surface area contributed by atoms with Crippen LogP contribution in [-0.2, 0) is 29.1 Å². The molecule has 0 atom stereocenters. The Morgan fingerprint density at radius 3 is 2.48 bits per heavy atom. The van der Waals surface area contributed by atoms with Crippen molar-refractivity contribution >= 4 is 11.9 Å². The van der Waals surface area contributed by atoms with Gasteiger partial charge in [0.15, 0.2) is 0 Å². The number of hydrogen-bond donors (Lipinski definition) is 1. The Bertz CT molecular complexity index is 702. The zero-order valence-corrected chi connectivity index (χ0v) is 16.0. The van der Waals surface area contributed by atoms with Crippen LogP contribution in [0.3, 0.4) is 0 Å². The topological polar surface area (TPSA) is 78.7 Å². The number of carbonyl (C=O) groups excluding carboxylic acids is 1. The first-order valence-electron chi connectivity index (χ1n) is 10.4. The van der Waals surface area contributed by atoms with E-state index >= 15 is 0 Å². The van der Waals surface area contributed by atoms with E-state index in [1.54, 1.807) is 0 Å². The van der Waals surface area contributed by atoms with Crippen molar-refractivity contribution in [2.45, 2.75) is 76.4 Å². The van der Waals surface area contributed by atoms with Crippen molar-refractivity contribution < 1.29 is 14.7 Å². The van der Waals surface area contributed by atoms with Crippen LogP contribution in [0, 0.1) is 0 Å². The maximum atomic E-state index is 13.7. The molecular weight excluding hydrogens is 344 g/mol. The van der Waals surface area contributed by atoms with Gasteiger partial charge in [0.05, 0.1) is 24.4 Å². The molecule has 0 aromatic carbocycles. The van der Waals surface area contributed by atoms with Crippen molar-refractivity contribution in [1.82, 2.24) is 19.6 Å². The van der Waals surface area contributed by atoms with Gasteiger partial charge in [0.2, 0.25) is 5.91 Å². The second-order valence-corrected chi connectivity index (χ2v) is 8.26. The average Bonchev–Trinajstić information content (AvgIpc) is 3.38. The van der Waals surface area contributed by atoms with E-state index < -0.39 is 5.97 Å². The SMILES string of the molecule is O=C(O)CCc1cc2n(n1)CCCN(C(=O)C1(N3CCCC3)CCCC1)C2. The Morgan fingerprint density at radius 1 is 1.04 bits per heavy atom. The number of carboxylic acid groups (broad SMARTS) is 1. The molecule has 0 bridgehead atoms. The van der Waals surface area contributed by atoms with Crippen LogP contribution < -0.4 is 0 Å². The molecule has 1 saturated heterocycles. The summed E-state index contributed by atoms with van der Waals surface area (Å²) in [5.74, 6) is -0.493. The molecule has 3 aliphatic rings. The van der Waals surface area contributed by atoms with E-state index in [0.29, 0.717) is 18.9 Å². The lowest BCUT2D eigenvalue weighted by molar-refractivity contribution is -0.144. The van der Waals surface area contributed by atoms with Crippen molar-refractivity contribution in [3.63, 3.8) is 0 Å². The fourth-order valence-corrected chi connectivity index (χ4v) is 5.12. The van der Waals surface area contributed by atoms with Gasteiger partial charge in [-0.2, -0.15) is 5.10 Å². The molecule has 2 fully saturated rings. The molecule has 7 heteroatoms. The normalized spacial score (nSPS) is 22.6. The Hall–Kier alpha value is -1.89. The highest BCUT2D eigenvalue weighted by Crippen LogP contribution is 2.39. The summed E-state index contributed by atoms with van der Waals surface area (Å²) in [4.78, 5) is 29.0. The summed E-state index contributed by atoms with van der Waals surface area (Å²) in [5, 5.41) is 13.5. The second-order valence-electron chi connectivity index (χ2n) is 8.26. The summed E-state index contributed by atoms with van der Waals surface area (Å²) in [5.41, 5.74) is 1.57. The number of rotatable bonds is 5. The molecule has 3 heterocycles. The molecule has 4 rings (SSSR count). The van der Waals surface area contributed by atoms with Crippen LogP contribution in [-0.4, -0.2) is 61.7 Å². The van der Waals surface area contributed by atoms with Gasteiger partial charge in [0.1, 0.15) is 5.54 Å². The fraction of sp³-hybridized carbons (Fsp3) is 0.750. The van der Waals surface area contributed by atoms with E-state index in [0.717, 1.165) is 69.7 Å².